The molecule has 110 valence electrons. The summed E-state index contributed by atoms with van der Waals surface area (Å²) < 4.78 is 16.2. The molecule has 2 N–H and O–H groups in total. The van der Waals surface area contributed by atoms with Crippen LogP contribution in [0.5, 0.6) is 5.75 Å². The first-order chi connectivity index (χ1) is 9.43. The Kier molecular flexibility index (Phi) is 4.18. The Bertz CT molecular complexity index is 499. The molecule has 1 unspecified atom stereocenters. The van der Waals surface area contributed by atoms with Gasteiger partial charge >= 0.3 is 5.97 Å². The third-order valence-corrected chi connectivity index (χ3v) is 3.42. The molecule has 1 aliphatic heterocycles. The number of nitrogen functional groups attached to an aromatic ring is 1. The molecule has 20 heavy (non-hydrogen) atoms. The van der Waals surface area contributed by atoms with Crippen molar-refractivity contribution < 1.29 is 19.0 Å². The van der Waals surface area contributed by atoms with Crippen LogP contribution in [0.1, 0.15) is 37.0 Å². The van der Waals surface area contributed by atoms with Gasteiger partial charge in [0, 0.05) is 0 Å². The van der Waals surface area contributed by atoms with Gasteiger partial charge in [0.1, 0.15) is 12.2 Å². The van der Waals surface area contributed by atoms with E-state index in [0.29, 0.717) is 17.0 Å². The Morgan fingerprint density at radius 3 is 2.85 bits per heavy atom. The van der Waals surface area contributed by atoms with Crippen molar-refractivity contribution in [2.75, 3.05) is 19.5 Å². The second-order valence-electron chi connectivity index (χ2n) is 5.56. The number of ether oxygens (including phenoxy) is 3. The smallest absolute Gasteiger partial charge is 0.342 e. The van der Waals surface area contributed by atoms with Crippen LogP contribution < -0.4 is 10.5 Å². The SMILES string of the molecule is COc1c(N)cccc1C(=O)OCC1CCC(C)(C)O1. The van der Waals surface area contributed by atoms with E-state index in [2.05, 4.69) is 0 Å². The van der Waals surface area contributed by atoms with Gasteiger partial charge in [-0.25, -0.2) is 4.79 Å². The zero-order valence-electron chi connectivity index (χ0n) is 12.1. The molecule has 1 saturated heterocycles. The van der Waals surface area contributed by atoms with Gasteiger partial charge < -0.3 is 19.9 Å². The maximum absolute atomic E-state index is 12.1. The minimum Gasteiger partial charge on any atom is -0.494 e. The molecule has 1 fully saturated rings. The minimum atomic E-state index is -0.442. The van der Waals surface area contributed by atoms with E-state index >= 15 is 0 Å². The lowest BCUT2D eigenvalue weighted by Gasteiger charge is -2.19. The van der Waals surface area contributed by atoms with Gasteiger partial charge in [-0.15, -0.1) is 0 Å². The van der Waals surface area contributed by atoms with Gasteiger partial charge in [0.05, 0.1) is 24.5 Å². The zero-order chi connectivity index (χ0) is 14.8. The number of methoxy groups -OCH3 is 1. The number of hydrogen-bond acceptors (Lipinski definition) is 5. The third-order valence-electron chi connectivity index (χ3n) is 3.42. The Labute approximate surface area is 119 Å². The van der Waals surface area contributed by atoms with Gasteiger partial charge in [-0.1, -0.05) is 6.07 Å². The fraction of sp³-hybridized carbons (Fsp3) is 0.533. The largest absolute Gasteiger partial charge is 0.494 e. The van der Waals surface area contributed by atoms with E-state index in [1.807, 2.05) is 13.8 Å². The summed E-state index contributed by atoms with van der Waals surface area (Å²) in [5.74, 6) is -0.0902. The number of carbonyl (C=O) groups excluding carboxylic acids is 1. The van der Waals surface area contributed by atoms with E-state index in [1.165, 1.54) is 7.11 Å². The quantitative estimate of drug-likeness (QED) is 0.677. The minimum absolute atomic E-state index is 0.0407. The van der Waals surface area contributed by atoms with Crippen LogP contribution in [-0.2, 0) is 9.47 Å². The second kappa shape index (κ2) is 5.71. The topological polar surface area (TPSA) is 70.8 Å². The van der Waals surface area contributed by atoms with Crippen molar-refractivity contribution in [2.24, 2.45) is 0 Å². The average Bonchev–Trinajstić information content (AvgIpc) is 2.75. The number of esters is 1. The maximum atomic E-state index is 12.1. The van der Waals surface area contributed by atoms with Gasteiger partial charge in [0.2, 0.25) is 0 Å². The second-order valence-corrected chi connectivity index (χ2v) is 5.56. The molecular formula is C15H21NO4. The molecular weight excluding hydrogens is 258 g/mol. The van der Waals surface area contributed by atoms with Crippen molar-refractivity contribution in [2.45, 2.75) is 38.4 Å². The standard InChI is InChI=1S/C15H21NO4/c1-15(2)8-7-10(20-15)9-19-14(17)11-5-4-6-12(16)13(11)18-3/h4-6,10H,7-9,16H2,1-3H3. The lowest BCUT2D eigenvalue weighted by atomic mass is 10.1. The number of nitrogens with two attached hydrogens (primary N) is 1. The third kappa shape index (κ3) is 3.22. The lowest BCUT2D eigenvalue weighted by Crippen LogP contribution is -2.24. The molecule has 0 aromatic heterocycles. The summed E-state index contributed by atoms with van der Waals surface area (Å²) in [5.41, 5.74) is 6.39. The van der Waals surface area contributed by atoms with E-state index in [1.54, 1.807) is 18.2 Å². The van der Waals surface area contributed by atoms with E-state index in [-0.39, 0.29) is 18.3 Å². The van der Waals surface area contributed by atoms with Crippen molar-refractivity contribution in [1.29, 1.82) is 0 Å². The number of benzene rings is 1. The Morgan fingerprint density at radius 2 is 2.25 bits per heavy atom. The van der Waals surface area contributed by atoms with Gasteiger partial charge in [0.25, 0.3) is 0 Å². The van der Waals surface area contributed by atoms with Gasteiger partial charge in [-0.2, -0.15) is 0 Å². The normalized spacial score (nSPS) is 20.6. The monoisotopic (exact) mass is 279 g/mol. The number of anilines is 1. The van der Waals surface area contributed by atoms with E-state index in [0.717, 1.165) is 12.8 Å². The summed E-state index contributed by atoms with van der Waals surface area (Å²) in [5, 5.41) is 0. The first-order valence-electron chi connectivity index (χ1n) is 6.70. The van der Waals surface area contributed by atoms with Crippen LogP contribution in [0.4, 0.5) is 5.69 Å². The van der Waals surface area contributed by atoms with E-state index < -0.39 is 5.97 Å². The molecule has 0 aliphatic carbocycles. The molecule has 1 aromatic rings. The molecule has 2 rings (SSSR count). The Hall–Kier alpha value is -1.75. The molecule has 0 spiro atoms. The fourth-order valence-corrected chi connectivity index (χ4v) is 2.38. The molecule has 0 saturated carbocycles. The number of rotatable bonds is 4. The predicted octanol–water partition coefficient (Wildman–Crippen LogP) is 2.39. The number of hydrogen-bond donors (Lipinski definition) is 1. The Morgan fingerprint density at radius 1 is 1.50 bits per heavy atom. The fourth-order valence-electron chi connectivity index (χ4n) is 2.38. The van der Waals surface area contributed by atoms with Crippen LogP contribution in [0.25, 0.3) is 0 Å². The van der Waals surface area contributed by atoms with Crippen molar-refractivity contribution >= 4 is 11.7 Å². The first-order valence-corrected chi connectivity index (χ1v) is 6.70. The first kappa shape index (κ1) is 14.7. The van der Waals surface area contributed by atoms with Crippen LogP contribution in [0.3, 0.4) is 0 Å². The maximum Gasteiger partial charge on any atom is 0.342 e. The number of carbonyl (C=O) groups is 1. The lowest BCUT2D eigenvalue weighted by molar-refractivity contribution is -0.0445. The molecule has 1 aliphatic rings. The molecule has 5 heteroatoms. The summed E-state index contributed by atoms with van der Waals surface area (Å²) >= 11 is 0. The van der Waals surface area contributed by atoms with E-state index in [9.17, 15) is 4.79 Å². The van der Waals surface area contributed by atoms with Gasteiger partial charge in [-0.05, 0) is 38.8 Å². The molecule has 1 aromatic carbocycles. The summed E-state index contributed by atoms with van der Waals surface area (Å²) in [6.45, 7) is 4.33. The van der Waals surface area contributed by atoms with Crippen LogP contribution in [-0.4, -0.2) is 31.4 Å². The highest BCUT2D eigenvalue weighted by atomic mass is 16.6. The van der Waals surface area contributed by atoms with Gasteiger partial charge in [-0.3, -0.25) is 0 Å². The molecule has 0 radical (unpaired) electrons. The highest BCUT2D eigenvalue weighted by molar-refractivity contribution is 5.94. The summed E-state index contributed by atoms with van der Waals surface area (Å²) in [4.78, 5) is 12.1. The van der Waals surface area contributed by atoms with E-state index in [4.69, 9.17) is 19.9 Å². The average molecular weight is 279 g/mol. The summed E-state index contributed by atoms with van der Waals surface area (Å²) in [6, 6.07) is 5.01. The summed E-state index contributed by atoms with van der Waals surface area (Å²) in [6.07, 6.45) is 1.83. The van der Waals surface area contributed by atoms with Crippen molar-refractivity contribution in [3.05, 3.63) is 23.8 Å². The van der Waals surface area contributed by atoms with Crippen LogP contribution in [0, 0.1) is 0 Å². The number of para-hydroxylation sites is 1. The van der Waals surface area contributed by atoms with Crippen molar-refractivity contribution in [3.63, 3.8) is 0 Å². The Balaban J connectivity index is 1.98. The molecule has 5 nitrogen and oxygen atoms in total. The van der Waals surface area contributed by atoms with Crippen LogP contribution in [0.2, 0.25) is 0 Å². The molecule has 0 bridgehead atoms. The van der Waals surface area contributed by atoms with Gasteiger partial charge in [0.15, 0.2) is 5.75 Å². The highest BCUT2D eigenvalue weighted by Gasteiger charge is 2.32. The molecule has 1 atom stereocenters. The zero-order valence-corrected chi connectivity index (χ0v) is 12.1. The van der Waals surface area contributed by atoms with Crippen LogP contribution >= 0.6 is 0 Å². The highest BCUT2D eigenvalue weighted by Crippen LogP contribution is 2.30. The van der Waals surface area contributed by atoms with Crippen molar-refractivity contribution in [1.82, 2.24) is 0 Å². The summed E-state index contributed by atoms with van der Waals surface area (Å²) in [7, 11) is 1.48. The van der Waals surface area contributed by atoms with Crippen molar-refractivity contribution in [3.8, 4) is 5.75 Å². The molecule has 0 amide bonds. The molecule has 1 heterocycles. The predicted molar refractivity (Wildman–Crippen MR) is 75.9 cm³/mol. The van der Waals surface area contributed by atoms with Crippen LogP contribution in [0.15, 0.2) is 18.2 Å².